The third kappa shape index (κ3) is 4.13. The molecule has 3 nitrogen and oxygen atoms in total. The fourth-order valence-corrected chi connectivity index (χ4v) is 3.80. The van der Waals surface area contributed by atoms with Gasteiger partial charge in [0, 0.05) is 13.0 Å². The third-order valence-corrected chi connectivity index (χ3v) is 4.94. The van der Waals surface area contributed by atoms with Gasteiger partial charge in [-0.3, -0.25) is 0 Å². The minimum atomic E-state index is 0.727. The first-order chi connectivity index (χ1) is 10.3. The number of hydrogen-bond donors (Lipinski definition) is 1. The van der Waals surface area contributed by atoms with E-state index >= 15 is 0 Å². The van der Waals surface area contributed by atoms with E-state index in [0.29, 0.717) is 0 Å². The molecule has 1 N–H and O–H groups in total. The number of rotatable bonds is 4. The molecule has 116 valence electrons. The molecule has 0 atom stereocenters. The Balaban J connectivity index is 1.57. The van der Waals surface area contributed by atoms with Crippen LogP contribution in [0.3, 0.4) is 0 Å². The smallest absolute Gasteiger partial charge is 0.175 e. The Bertz CT molecular complexity index is 472. The second kappa shape index (κ2) is 7.50. The third-order valence-electron chi connectivity index (χ3n) is 4.35. The van der Waals surface area contributed by atoms with Crippen molar-refractivity contribution in [2.75, 3.05) is 19.8 Å². The number of benzene rings is 1. The van der Waals surface area contributed by atoms with E-state index in [9.17, 15) is 0 Å². The predicted octanol–water partition coefficient (Wildman–Crippen LogP) is 4.28. The van der Waals surface area contributed by atoms with Gasteiger partial charge in [-0.25, -0.2) is 0 Å². The van der Waals surface area contributed by atoms with Gasteiger partial charge in [-0.15, -0.1) is 0 Å². The predicted molar refractivity (Wildman–Crippen MR) is 88.0 cm³/mol. The highest BCUT2D eigenvalue weighted by Crippen LogP contribution is 2.38. The SMILES string of the molecule is Brc1cc(CNCC2CCCCC2)cc2c1OCCCO2. The summed E-state index contributed by atoms with van der Waals surface area (Å²) in [6.07, 6.45) is 7.95. The molecule has 1 aliphatic carbocycles. The first-order valence-corrected chi connectivity index (χ1v) is 8.91. The molecule has 0 amide bonds. The standard InChI is InChI=1S/C17H24BrNO2/c18-15-9-14(10-16-17(15)21-8-4-7-20-16)12-19-11-13-5-2-1-3-6-13/h9-10,13,19H,1-8,11-12H2. The zero-order valence-electron chi connectivity index (χ0n) is 12.5. The molecular weight excluding hydrogens is 330 g/mol. The van der Waals surface area contributed by atoms with E-state index in [1.807, 2.05) is 0 Å². The highest BCUT2D eigenvalue weighted by Gasteiger charge is 2.16. The normalized spacial score (nSPS) is 19.3. The lowest BCUT2D eigenvalue weighted by molar-refractivity contribution is 0.296. The van der Waals surface area contributed by atoms with Gasteiger partial charge in [-0.1, -0.05) is 19.3 Å². The lowest BCUT2D eigenvalue weighted by atomic mass is 9.89. The Labute approximate surface area is 135 Å². The Morgan fingerprint density at radius 2 is 1.86 bits per heavy atom. The fraction of sp³-hybridized carbons (Fsp3) is 0.647. The van der Waals surface area contributed by atoms with Crippen LogP contribution in [0, 0.1) is 5.92 Å². The summed E-state index contributed by atoms with van der Waals surface area (Å²) in [6.45, 7) is 3.49. The van der Waals surface area contributed by atoms with Crippen molar-refractivity contribution in [3.05, 3.63) is 22.2 Å². The van der Waals surface area contributed by atoms with Crippen LogP contribution < -0.4 is 14.8 Å². The Kier molecular flexibility index (Phi) is 5.42. The minimum Gasteiger partial charge on any atom is -0.490 e. The van der Waals surface area contributed by atoms with Crippen LogP contribution in [0.1, 0.15) is 44.1 Å². The quantitative estimate of drug-likeness (QED) is 0.876. The Hall–Kier alpha value is -0.740. The van der Waals surface area contributed by atoms with Crippen molar-refractivity contribution in [2.45, 2.75) is 45.1 Å². The second-order valence-corrected chi connectivity index (χ2v) is 6.94. The van der Waals surface area contributed by atoms with Gasteiger partial charge in [0.1, 0.15) is 0 Å². The van der Waals surface area contributed by atoms with Gasteiger partial charge in [-0.05, 0) is 58.9 Å². The zero-order valence-corrected chi connectivity index (χ0v) is 14.1. The van der Waals surface area contributed by atoms with Crippen molar-refractivity contribution in [1.29, 1.82) is 0 Å². The Morgan fingerprint density at radius 3 is 2.71 bits per heavy atom. The highest BCUT2D eigenvalue weighted by atomic mass is 79.9. The summed E-state index contributed by atoms with van der Waals surface area (Å²) >= 11 is 3.60. The zero-order chi connectivity index (χ0) is 14.5. The molecular formula is C17H24BrNO2. The summed E-state index contributed by atoms with van der Waals surface area (Å²) < 4.78 is 12.5. The van der Waals surface area contributed by atoms with Gasteiger partial charge in [0.15, 0.2) is 11.5 Å². The van der Waals surface area contributed by atoms with Crippen molar-refractivity contribution in [1.82, 2.24) is 5.32 Å². The first-order valence-electron chi connectivity index (χ1n) is 8.11. The van der Waals surface area contributed by atoms with Crippen LogP contribution >= 0.6 is 15.9 Å². The van der Waals surface area contributed by atoms with E-state index < -0.39 is 0 Å². The summed E-state index contributed by atoms with van der Waals surface area (Å²) in [5, 5.41) is 3.60. The average molecular weight is 354 g/mol. The molecule has 1 fully saturated rings. The summed E-state index contributed by atoms with van der Waals surface area (Å²) in [7, 11) is 0. The molecule has 1 aromatic carbocycles. The lowest BCUT2D eigenvalue weighted by Crippen LogP contribution is -2.24. The van der Waals surface area contributed by atoms with Crippen molar-refractivity contribution in [3.63, 3.8) is 0 Å². The maximum absolute atomic E-state index is 5.78. The van der Waals surface area contributed by atoms with Gasteiger partial charge in [-0.2, -0.15) is 0 Å². The maximum Gasteiger partial charge on any atom is 0.175 e. The molecule has 0 radical (unpaired) electrons. The topological polar surface area (TPSA) is 30.5 Å². The largest absolute Gasteiger partial charge is 0.490 e. The van der Waals surface area contributed by atoms with E-state index in [4.69, 9.17) is 9.47 Å². The molecule has 0 spiro atoms. The minimum absolute atomic E-state index is 0.727. The molecule has 0 saturated heterocycles. The molecule has 4 heteroatoms. The van der Waals surface area contributed by atoms with Crippen LogP contribution in [0.25, 0.3) is 0 Å². The molecule has 1 heterocycles. The monoisotopic (exact) mass is 353 g/mol. The van der Waals surface area contributed by atoms with Crippen molar-refractivity contribution < 1.29 is 9.47 Å². The van der Waals surface area contributed by atoms with Crippen LogP contribution in [0.4, 0.5) is 0 Å². The summed E-state index contributed by atoms with van der Waals surface area (Å²) in [4.78, 5) is 0. The van der Waals surface area contributed by atoms with E-state index in [-0.39, 0.29) is 0 Å². The molecule has 2 aliphatic rings. The van der Waals surface area contributed by atoms with Gasteiger partial charge in [0.05, 0.1) is 17.7 Å². The van der Waals surface area contributed by atoms with Gasteiger partial charge < -0.3 is 14.8 Å². The first kappa shape index (κ1) is 15.2. The summed E-state index contributed by atoms with van der Waals surface area (Å²) in [5.41, 5.74) is 1.25. The molecule has 0 unspecified atom stereocenters. The fourth-order valence-electron chi connectivity index (χ4n) is 3.20. The average Bonchev–Trinajstić information content (AvgIpc) is 2.74. The van der Waals surface area contributed by atoms with E-state index in [1.165, 1.54) is 37.7 Å². The lowest BCUT2D eigenvalue weighted by Gasteiger charge is -2.22. The number of halogens is 1. The van der Waals surface area contributed by atoms with Crippen LogP contribution in [0.15, 0.2) is 16.6 Å². The van der Waals surface area contributed by atoms with Gasteiger partial charge >= 0.3 is 0 Å². The second-order valence-electron chi connectivity index (χ2n) is 6.09. The molecule has 1 aliphatic heterocycles. The van der Waals surface area contributed by atoms with Gasteiger partial charge in [0.25, 0.3) is 0 Å². The highest BCUT2D eigenvalue weighted by molar-refractivity contribution is 9.10. The molecule has 0 bridgehead atoms. The number of hydrogen-bond acceptors (Lipinski definition) is 3. The van der Waals surface area contributed by atoms with E-state index in [0.717, 1.165) is 54.6 Å². The van der Waals surface area contributed by atoms with Crippen molar-refractivity contribution >= 4 is 15.9 Å². The van der Waals surface area contributed by atoms with Crippen LogP contribution in [0.5, 0.6) is 11.5 Å². The van der Waals surface area contributed by atoms with Crippen LogP contribution in [-0.4, -0.2) is 19.8 Å². The Morgan fingerprint density at radius 1 is 1.05 bits per heavy atom. The van der Waals surface area contributed by atoms with Crippen LogP contribution in [0.2, 0.25) is 0 Å². The summed E-state index contributed by atoms with van der Waals surface area (Å²) in [5.74, 6) is 2.59. The molecule has 3 rings (SSSR count). The molecule has 21 heavy (non-hydrogen) atoms. The maximum atomic E-state index is 5.78. The molecule has 1 aromatic rings. The number of ether oxygens (including phenoxy) is 2. The summed E-state index contributed by atoms with van der Waals surface area (Å²) in [6, 6.07) is 4.25. The number of fused-ring (bicyclic) bond motifs is 1. The van der Waals surface area contributed by atoms with Crippen LogP contribution in [-0.2, 0) is 6.54 Å². The number of nitrogens with one attached hydrogen (secondary N) is 1. The molecule has 0 aromatic heterocycles. The van der Waals surface area contributed by atoms with E-state index in [2.05, 4.69) is 33.4 Å². The molecule has 1 saturated carbocycles. The van der Waals surface area contributed by atoms with Crippen molar-refractivity contribution in [2.24, 2.45) is 5.92 Å². The van der Waals surface area contributed by atoms with Crippen molar-refractivity contribution in [3.8, 4) is 11.5 Å². The van der Waals surface area contributed by atoms with Gasteiger partial charge in [0.2, 0.25) is 0 Å². The van der Waals surface area contributed by atoms with E-state index in [1.54, 1.807) is 0 Å².